The summed E-state index contributed by atoms with van der Waals surface area (Å²) in [6, 6.07) is 7.19. The van der Waals surface area contributed by atoms with Gasteiger partial charge in [0.25, 0.3) is 0 Å². The molecule has 0 bridgehead atoms. The molecule has 1 fully saturated rings. The van der Waals surface area contributed by atoms with Crippen molar-refractivity contribution in [3.63, 3.8) is 0 Å². The highest BCUT2D eigenvalue weighted by atomic mass is 16.5. The number of rotatable bonds is 5. The maximum absolute atomic E-state index is 12.1. The predicted octanol–water partition coefficient (Wildman–Crippen LogP) is 2.70. The zero-order valence-corrected chi connectivity index (χ0v) is 13.5. The van der Waals surface area contributed by atoms with Gasteiger partial charge < -0.3 is 20.5 Å². The Labute approximate surface area is 136 Å². The van der Waals surface area contributed by atoms with E-state index in [-0.39, 0.29) is 24.0 Å². The van der Waals surface area contributed by atoms with E-state index >= 15 is 0 Å². The van der Waals surface area contributed by atoms with E-state index in [9.17, 15) is 9.59 Å². The minimum Gasteiger partial charge on any atom is -0.496 e. The summed E-state index contributed by atoms with van der Waals surface area (Å²) >= 11 is 0. The summed E-state index contributed by atoms with van der Waals surface area (Å²) in [4.78, 5) is 23.1. The molecule has 1 atom stereocenters. The number of methoxy groups -OCH3 is 1. The summed E-state index contributed by atoms with van der Waals surface area (Å²) < 4.78 is 5.30. The molecule has 1 saturated carbocycles. The van der Waals surface area contributed by atoms with Gasteiger partial charge in [0, 0.05) is 11.6 Å². The molecule has 6 nitrogen and oxygen atoms in total. The molecule has 0 heterocycles. The number of carbonyl (C=O) groups is 2. The van der Waals surface area contributed by atoms with Gasteiger partial charge in [-0.2, -0.15) is 0 Å². The monoisotopic (exact) mass is 320 g/mol. The fraction of sp³-hybridized carbons (Fsp3) is 0.529. The van der Waals surface area contributed by atoms with Crippen LogP contribution in [0.5, 0.6) is 5.75 Å². The third-order valence-corrected chi connectivity index (χ3v) is 4.36. The Kier molecular flexibility index (Phi) is 5.84. The van der Waals surface area contributed by atoms with Crippen LogP contribution in [0, 0.1) is 5.92 Å². The second kappa shape index (κ2) is 7.85. The van der Waals surface area contributed by atoms with Crippen molar-refractivity contribution in [1.82, 2.24) is 10.6 Å². The van der Waals surface area contributed by atoms with Crippen molar-refractivity contribution < 1.29 is 19.4 Å². The molecule has 0 spiro atoms. The lowest BCUT2D eigenvalue weighted by molar-refractivity contribution is -0.142. The maximum Gasteiger partial charge on any atom is 0.315 e. The fourth-order valence-corrected chi connectivity index (χ4v) is 3.01. The summed E-state index contributed by atoms with van der Waals surface area (Å²) in [6.45, 7) is 1.90. The zero-order valence-electron chi connectivity index (χ0n) is 13.5. The lowest BCUT2D eigenvalue weighted by atomic mass is 9.86. The van der Waals surface area contributed by atoms with E-state index in [1.807, 2.05) is 31.2 Å². The fourth-order valence-electron chi connectivity index (χ4n) is 3.01. The maximum atomic E-state index is 12.1. The average molecular weight is 320 g/mol. The molecule has 1 aliphatic rings. The number of carboxylic acid groups (broad SMARTS) is 1. The SMILES string of the molecule is COc1ccccc1C(C)NC(=O)NC1CCC(C(=O)O)CC1. The van der Waals surface area contributed by atoms with Crippen LogP contribution in [-0.4, -0.2) is 30.3 Å². The van der Waals surface area contributed by atoms with Gasteiger partial charge in [0.05, 0.1) is 19.1 Å². The molecule has 0 aliphatic heterocycles. The van der Waals surface area contributed by atoms with Crippen LogP contribution in [-0.2, 0) is 4.79 Å². The van der Waals surface area contributed by atoms with Crippen molar-refractivity contribution in [1.29, 1.82) is 0 Å². The van der Waals surface area contributed by atoms with E-state index < -0.39 is 5.97 Å². The molecule has 1 aliphatic carbocycles. The first-order valence-electron chi connectivity index (χ1n) is 7.94. The van der Waals surface area contributed by atoms with Crippen molar-refractivity contribution in [2.24, 2.45) is 5.92 Å². The van der Waals surface area contributed by atoms with Gasteiger partial charge in [0.15, 0.2) is 0 Å². The van der Waals surface area contributed by atoms with Crippen LogP contribution in [0.15, 0.2) is 24.3 Å². The minimum atomic E-state index is -0.738. The highest BCUT2D eigenvalue weighted by molar-refractivity contribution is 5.75. The summed E-state index contributed by atoms with van der Waals surface area (Å²) in [6.07, 6.45) is 2.63. The van der Waals surface area contributed by atoms with Crippen molar-refractivity contribution >= 4 is 12.0 Å². The van der Waals surface area contributed by atoms with Gasteiger partial charge in [-0.25, -0.2) is 4.79 Å². The third-order valence-electron chi connectivity index (χ3n) is 4.36. The van der Waals surface area contributed by atoms with Crippen molar-refractivity contribution in [2.75, 3.05) is 7.11 Å². The van der Waals surface area contributed by atoms with Crippen LogP contribution in [0.4, 0.5) is 4.79 Å². The zero-order chi connectivity index (χ0) is 16.8. The molecule has 1 aromatic carbocycles. The summed E-state index contributed by atoms with van der Waals surface area (Å²) in [5.74, 6) is -0.274. The van der Waals surface area contributed by atoms with Gasteiger partial charge in [0.1, 0.15) is 5.75 Å². The first-order valence-corrected chi connectivity index (χ1v) is 7.94. The van der Waals surface area contributed by atoms with Gasteiger partial charge in [-0.1, -0.05) is 18.2 Å². The standard InChI is InChI=1S/C17H24N2O4/c1-11(14-5-3-4-6-15(14)23-2)18-17(22)19-13-9-7-12(8-10-13)16(20)21/h3-6,11-13H,7-10H2,1-2H3,(H,20,21)(H2,18,19,22). The highest BCUT2D eigenvalue weighted by Crippen LogP contribution is 2.25. The number of hydrogen-bond acceptors (Lipinski definition) is 3. The predicted molar refractivity (Wildman–Crippen MR) is 86.5 cm³/mol. The Morgan fingerprint density at radius 3 is 2.48 bits per heavy atom. The number of urea groups is 1. The molecule has 1 unspecified atom stereocenters. The summed E-state index contributed by atoms with van der Waals surface area (Å²) in [5.41, 5.74) is 0.916. The van der Waals surface area contributed by atoms with E-state index in [4.69, 9.17) is 9.84 Å². The summed E-state index contributed by atoms with van der Waals surface area (Å²) in [5, 5.41) is 14.8. The van der Waals surface area contributed by atoms with Gasteiger partial charge in [-0.3, -0.25) is 4.79 Å². The van der Waals surface area contributed by atoms with Crippen LogP contribution in [0.2, 0.25) is 0 Å². The van der Waals surface area contributed by atoms with Crippen LogP contribution in [0.3, 0.4) is 0 Å². The van der Waals surface area contributed by atoms with Crippen molar-refractivity contribution in [3.05, 3.63) is 29.8 Å². The Bertz CT molecular complexity index is 553. The molecule has 23 heavy (non-hydrogen) atoms. The Morgan fingerprint density at radius 2 is 1.87 bits per heavy atom. The van der Waals surface area contributed by atoms with Crippen LogP contribution >= 0.6 is 0 Å². The number of hydrogen-bond donors (Lipinski definition) is 3. The van der Waals surface area contributed by atoms with E-state index in [1.54, 1.807) is 7.11 Å². The summed E-state index contributed by atoms with van der Waals surface area (Å²) in [7, 11) is 1.60. The van der Waals surface area contributed by atoms with E-state index in [0.717, 1.165) is 11.3 Å². The lowest BCUT2D eigenvalue weighted by Gasteiger charge is -2.27. The molecule has 0 radical (unpaired) electrons. The quantitative estimate of drug-likeness (QED) is 0.778. The Balaban J connectivity index is 1.84. The van der Waals surface area contributed by atoms with Crippen molar-refractivity contribution in [3.8, 4) is 5.75 Å². The topological polar surface area (TPSA) is 87.7 Å². The molecule has 6 heteroatoms. The van der Waals surface area contributed by atoms with E-state index in [0.29, 0.717) is 25.7 Å². The second-order valence-corrected chi connectivity index (χ2v) is 5.97. The minimum absolute atomic E-state index is 0.0375. The van der Waals surface area contributed by atoms with Crippen molar-refractivity contribution in [2.45, 2.75) is 44.7 Å². The number of benzene rings is 1. The van der Waals surface area contributed by atoms with Gasteiger partial charge >= 0.3 is 12.0 Å². The number of carboxylic acids is 1. The molecule has 0 aromatic heterocycles. The lowest BCUT2D eigenvalue weighted by Crippen LogP contribution is -2.44. The molecular weight excluding hydrogens is 296 g/mol. The number of ether oxygens (including phenoxy) is 1. The van der Waals surface area contributed by atoms with Crippen LogP contribution in [0.25, 0.3) is 0 Å². The molecule has 3 N–H and O–H groups in total. The Hall–Kier alpha value is -2.24. The average Bonchev–Trinajstić information content (AvgIpc) is 2.55. The van der Waals surface area contributed by atoms with Gasteiger partial charge in [-0.05, 0) is 38.7 Å². The van der Waals surface area contributed by atoms with E-state index in [1.165, 1.54) is 0 Å². The molecule has 0 saturated heterocycles. The molecule has 2 amide bonds. The number of amides is 2. The molecule has 2 rings (SSSR count). The van der Waals surface area contributed by atoms with Crippen LogP contribution in [0.1, 0.15) is 44.2 Å². The van der Waals surface area contributed by atoms with Gasteiger partial charge in [0.2, 0.25) is 0 Å². The first kappa shape index (κ1) is 17.1. The second-order valence-electron chi connectivity index (χ2n) is 5.97. The van der Waals surface area contributed by atoms with E-state index in [2.05, 4.69) is 10.6 Å². The normalized spacial score (nSPS) is 22.0. The first-order chi connectivity index (χ1) is 11.0. The molecule has 1 aromatic rings. The number of carbonyl (C=O) groups excluding carboxylic acids is 1. The number of para-hydroxylation sites is 1. The highest BCUT2D eigenvalue weighted by Gasteiger charge is 2.27. The third kappa shape index (κ3) is 4.61. The largest absolute Gasteiger partial charge is 0.496 e. The van der Waals surface area contributed by atoms with Gasteiger partial charge in [-0.15, -0.1) is 0 Å². The number of aliphatic carboxylic acids is 1. The smallest absolute Gasteiger partial charge is 0.315 e. The Morgan fingerprint density at radius 1 is 1.22 bits per heavy atom. The van der Waals surface area contributed by atoms with Crippen LogP contribution < -0.4 is 15.4 Å². The number of nitrogens with one attached hydrogen (secondary N) is 2. The molecular formula is C17H24N2O4. The molecule has 126 valence electrons.